The first-order chi connectivity index (χ1) is 9.99. The van der Waals surface area contributed by atoms with Crippen molar-refractivity contribution in [3.05, 3.63) is 41.7 Å². The van der Waals surface area contributed by atoms with E-state index in [0.29, 0.717) is 6.42 Å². The van der Waals surface area contributed by atoms with Crippen LogP contribution in [0.2, 0.25) is 0 Å². The smallest absolute Gasteiger partial charge is 0.225 e. The van der Waals surface area contributed by atoms with Crippen molar-refractivity contribution in [2.75, 3.05) is 11.1 Å². The van der Waals surface area contributed by atoms with Crippen LogP contribution in [0.25, 0.3) is 0 Å². The van der Waals surface area contributed by atoms with E-state index in [9.17, 15) is 4.79 Å². The summed E-state index contributed by atoms with van der Waals surface area (Å²) >= 11 is 0. The number of hydrogen-bond donors (Lipinski definition) is 2. The van der Waals surface area contributed by atoms with Crippen LogP contribution >= 0.6 is 0 Å². The molecule has 0 radical (unpaired) electrons. The monoisotopic (exact) mass is 286 g/mol. The number of carbonyl (C=O) groups excluding carboxylic acids is 1. The predicted octanol–water partition coefficient (Wildman–Crippen LogP) is 2.70. The standard InChI is InChI=1S/C16H22N4O/c1-4-14-15(10-20(3)19-14)18-16(21)9-11(2)12-5-7-13(17)8-6-12/h5-8,10-11H,4,9,17H2,1-3H3,(H,18,21). The number of aromatic nitrogens is 2. The highest BCUT2D eigenvalue weighted by atomic mass is 16.1. The van der Waals surface area contributed by atoms with Gasteiger partial charge in [-0.3, -0.25) is 9.48 Å². The molecule has 0 saturated heterocycles. The van der Waals surface area contributed by atoms with Gasteiger partial charge in [0.2, 0.25) is 5.91 Å². The van der Waals surface area contributed by atoms with Gasteiger partial charge in [0.1, 0.15) is 0 Å². The maximum absolute atomic E-state index is 12.2. The predicted molar refractivity (Wildman–Crippen MR) is 85.1 cm³/mol. The minimum atomic E-state index is 0.00188. The Labute approximate surface area is 125 Å². The van der Waals surface area contributed by atoms with E-state index in [1.165, 1.54) is 0 Å². The van der Waals surface area contributed by atoms with Gasteiger partial charge in [-0.25, -0.2) is 0 Å². The summed E-state index contributed by atoms with van der Waals surface area (Å²) in [6.45, 7) is 4.06. The van der Waals surface area contributed by atoms with Crippen molar-refractivity contribution in [1.82, 2.24) is 9.78 Å². The largest absolute Gasteiger partial charge is 0.399 e. The highest BCUT2D eigenvalue weighted by Crippen LogP contribution is 2.21. The average Bonchev–Trinajstić information content (AvgIpc) is 2.79. The van der Waals surface area contributed by atoms with Gasteiger partial charge in [-0.05, 0) is 30.0 Å². The number of nitrogen functional groups attached to an aromatic ring is 1. The minimum absolute atomic E-state index is 0.00188. The van der Waals surface area contributed by atoms with Gasteiger partial charge in [-0.1, -0.05) is 26.0 Å². The van der Waals surface area contributed by atoms with Crippen LogP contribution in [0.5, 0.6) is 0 Å². The van der Waals surface area contributed by atoms with E-state index in [-0.39, 0.29) is 11.8 Å². The molecular weight excluding hydrogens is 264 g/mol. The first-order valence-corrected chi connectivity index (χ1v) is 7.17. The van der Waals surface area contributed by atoms with E-state index >= 15 is 0 Å². The van der Waals surface area contributed by atoms with Gasteiger partial charge >= 0.3 is 0 Å². The molecule has 2 aromatic rings. The summed E-state index contributed by atoms with van der Waals surface area (Å²) in [5.74, 6) is 0.148. The zero-order chi connectivity index (χ0) is 15.4. The Morgan fingerprint density at radius 3 is 2.67 bits per heavy atom. The van der Waals surface area contributed by atoms with Crippen molar-refractivity contribution in [3.8, 4) is 0 Å². The lowest BCUT2D eigenvalue weighted by Gasteiger charge is -2.12. The van der Waals surface area contributed by atoms with Crippen LogP contribution in [0.4, 0.5) is 11.4 Å². The quantitative estimate of drug-likeness (QED) is 0.830. The van der Waals surface area contributed by atoms with Gasteiger partial charge in [0.25, 0.3) is 0 Å². The molecule has 21 heavy (non-hydrogen) atoms. The fourth-order valence-electron chi connectivity index (χ4n) is 2.32. The molecule has 0 spiro atoms. The Kier molecular flexibility index (Phi) is 4.62. The first-order valence-electron chi connectivity index (χ1n) is 7.17. The fourth-order valence-corrected chi connectivity index (χ4v) is 2.32. The number of rotatable bonds is 5. The summed E-state index contributed by atoms with van der Waals surface area (Å²) in [6.07, 6.45) is 3.07. The van der Waals surface area contributed by atoms with Crippen molar-refractivity contribution in [2.24, 2.45) is 7.05 Å². The van der Waals surface area contributed by atoms with Gasteiger partial charge in [-0.15, -0.1) is 0 Å². The van der Waals surface area contributed by atoms with Crippen molar-refractivity contribution >= 4 is 17.3 Å². The van der Waals surface area contributed by atoms with E-state index in [4.69, 9.17) is 5.73 Å². The van der Waals surface area contributed by atoms with Crippen LogP contribution in [0.15, 0.2) is 30.5 Å². The summed E-state index contributed by atoms with van der Waals surface area (Å²) in [6, 6.07) is 7.66. The third-order valence-corrected chi connectivity index (χ3v) is 3.51. The second kappa shape index (κ2) is 6.43. The van der Waals surface area contributed by atoms with Crippen molar-refractivity contribution in [2.45, 2.75) is 32.6 Å². The Balaban J connectivity index is 1.99. The summed E-state index contributed by atoms with van der Waals surface area (Å²) in [5.41, 5.74) is 9.23. The van der Waals surface area contributed by atoms with Crippen LogP contribution in [-0.4, -0.2) is 15.7 Å². The fraction of sp³-hybridized carbons (Fsp3) is 0.375. The normalized spacial score (nSPS) is 12.1. The molecule has 0 fully saturated rings. The number of hydrogen-bond acceptors (Lipinski definition) is 3. The molecular formula is C16H22N4O. The first kappa shape index (κ1) is 15.1. The molecule has 3 N–H and O–H groups in total. The number of nitrogens with zero attached hydrogens (tertiary/aromatic N) is 2. The number of nitrogens with two attached hydrogens (primary N) is 1. The molecule has 0 aliphatic rings. The molecule has 2 rings (SSSR count). The van der Waals surface area contributed by atoms with Crippen LogP contribution < -0.4 is 11.1 Å². The Morgan fingerprint density at radius 2 is 2.05 bits per heavy atom. The Morgan fingerprint density at radius 1 is 1.38 bits per heavy atom. The molecule has 0 aliphatic heterocycles. The lowest BCUT2D eigenvalue weighted by molar-refractivity contribution is -0.116. The van der Waals surface area contributed by atoms with E-state index < -0.39 is 0 Å². The van der Waals surface area contributed by atoms with Crippen molar-refractivity contribution in [3.63, 3.8) is 0 Å². The number of anilines is 2. The van der Waals surface area contributed by atoms with Crippen molar-refractivity contribution in [1.29, 1.82) is 0 Å². The topological polar surface area (TPSA) is 72.9 Å². The van der Waals surface area contributed by atoms with E-state index in [1.807, 2.05) is 51.4 Å². The molecule has 1 atom stereocenters. The molecule has 5 nitrogen and oxygen atoms in total. The van der Waals surface area contributed by atoms with E-state index in [0.717, 1.165) is 29.1 Å². The SMILES string of the molecule is CCc1nn(C)cc1NC(=O)CC(C)c1ccc(N)cc1. The van der Waals surface area contributed by atoms with Gasteiger partial charge in [0.05, 0.1) is 11.4 Å². The van der Waals surface area contributed by atoms with E-state index in [2.05, 4.69) is 10.4 Å². The van der Waals surface area contributed by atoms with Gasteiger partial charge in [0, 0.05) is 25.4 Å². The molecule has 1 amide bonds. The molecule has 1 aromatic heterocycles. The molecule has 5 heteroatoms. The number of amides is 1. The summed E-state index contributed by atoms with van der Waals surface area (Å²) in [7, 11) is 1.85. The molecule has 1 unspecified atom stereocenters. The van der Waals surface area contributed by atoms with Crippen LogP contribution in [-0.2, 0) is 18.3 Å². The van der Waals surface area contributed by atoms with Crippen LogP contribution in [0.3, 0.4) is 0 Å². The average molecular weight is 286 g/mol. The molecule has 1 heterocycles. The number of nitrogens with one attached hydrogen (secondary N) is 1. The maximum atomic E-state index is 12.2. The Hall–Kier alpha value is -2.30. The minimum Gasteiger partial charge on any atom is -0.399 e. The molecule has 0 saturated carbocycles. The number of aryl methyl sites for hydroxylation is 2. The van der Waals surface area contributed by atoms with Crippen LogP contribution in [0, 0.1) is 0 Å². The maximum Gasteiger partial charge on any atom is 0.225 e. The zero-order valence-corrected chi connectivity index (χ0v) is 12.8. The van der Waals surface area contributed by atoms with Gasteiger partial charge < -0.3 is 11.1 Å². The molecule has 0 bridgehead atoms. The molecule has 112 valence electrons. The van der Waals surface area contributed by atoms with Gasteiger partial charge in [-0.2, -0.15) is 5.10 Å². The lowest BCUT2D eigenvalue weighted by atomic mass is 9.97. The van der Waals surface area contributed by atoms with Gasteiger partial charge in [0.15, 0.2) is 0 Å². The zero-order valence-electron chi connectivity index (χ0n) is 12.8. The summed E-state index contributed by atoms with van der Waals surface area (Å²) < 4.78 is 1.72. The second-order valence-corrected chi connectivity index (χ2v) is 5.34. The Bertz CT molecular complexity index is 616. The number of benzene rings is 1. The lowest BCUT2D eigenvalue weighted by Crippen LogP contribution is -2.15. The van der Waals surface area contributed by atoms with E-state index in [1.54, 1.807) is 4.68 Å². The van der Waals surface area contributed by atoms with Crippen molar-refractivity contribution < 1.29 is 4.79 Å². The van der Waals surface area contributed by atoms with Crippen LogP contribution in [0.1, 0.15) is 37.4 Å². The number of carbonyl (C=O) groups is 1. The molecule has 0 aliphatic carbocycles. The summed E-state index contributed by atoms with van der Waals surface area (Å²) in [4.78, 5) is 12.2. The highest BCUT2D eigenvalue weighted by Gasteiger charge is 2.14. The second-order valence-electron chi connectivity index (χ2n) is 5.34. The molecule has 1 aromatic carbocycles. The summed E-state index contributed by atoms with van der Waals surface area (Å²) in [5, 5.41) is 7.26. The highest BCUT2D eigenvalue weighted by molar-refractivity contribution is 5.91. The third kappa shape index (κ3) is 3.84. The third-order valence-electron chi connectivity index (χ3n) is 3.51.